The maximum atomic E-state index is 12.8. The summed E-state index contributed by atoms with van der Waals surface area (Å²) in [5, 5.41) is 2.75. The van der Waals surface area contributed by atoms with Gasteiger partial charge in [0.1, 0.15) is 17.1 Å². The van der Waals surface area contributed by atoms with Crippen LogP contribution in [0.25, 0.3) is 4.96 Å². The minimum atomic E-state index is -0.548. The van der Waals surface area contributed by atoms with Crippen LogP contribution in [0, 0.1) is 6.92 Å². The Bertz CT molecular complexity index is 1260. The highest BCUT2D eigenvalue weighted by atomic mass is 32.1. The lowest BCUT2D eigenvalue weighted by atomic mass is 10.2. The Labute approximate surface area is 176 Å². The number of nitrogens with zero attached hydrogens (tertiary/aromatic N) is 2. The first-order valence-corrected chi connectivity index (χ1v) is 10.2. The van der Waals surface area contributed by atoms with Crippen LogP contribution in [0.2, 0.25) is 0 Å². The van der Waals surface area contributed by atoms with E-state index in [4.69, 9.17) is 9.47 Å². The molecule has 0 aliphatic heterocycles. The second-order valence-electron chi connectivity index (χ2n) is 6.43. The predicted octanol–water partition coefficient (Wildman–Crippen LogP) is 4.51. The van der Waals surface area contributed by atoms with Crippen molar-refractivity contribution < 1.29 is 14.3 Å². The zero-order chi connectivity index (χ0) is 21.1. The number of hydrogen-bond donors (Lipinski definition) is 1. The number of nitrogens with one attached hydrogen (secondary N) is 1. The zero-order valence-electron chi connectivity index (χ0n) is 16.4. The summed E-state index contributed by atoms with van der Waals surface area (Å²) in [5.74, 6) is 1.25. The number of carbonyl (C=O) groups excluding carboxylic acids is 1. The number of rotatable bonds is 6. The van der Waals surface area contributed by atoms with Crippen LogP contribution in [-0.4, -0.2) is 21.9 Å². The Morgan fingerprint density at radius 1 is 1.13 bits per heavy atom. The fourth-order valence-electron chi connectivity index (χ4n) is 2.90. The lowest BCUT2D eigenvalue weighted by molar-refractivity contribution is 0.102. The standard InChI is InChI=1S/C22H19N3O4S/c1-3-28-15-8-10-16(11-9-15)29-19-7-5-4-6-18(19)24-20(26)17-12-23-22-25(21(17)27)13-14(2)30-22/h4-13H,3H2,1-2H3,(H,24,26). The average molecular weight is 421 g/mol. The molecule has 0 bridgehead atoms. The van der Waals surface area contributed by atoms with E-state index in [0.717, 1.165) is 10.6 Å². The second-order valence-corrected chi connectivity index (χ2v) is 7.64. The summed E-state index contributed by atoms with van der Waals surface area (Å²) >= 11 is 1.39. The van der Waals surface area contributed by atoms with Gasteiger partial charge in [0.2, 0.25) is 0 Å². The molecule has 0 saturated carbocycles. The molecule has 2 aromatic heterocycles. The number of aryl methyl sites for hydroxylation is 1. The van der Waals surface area contributed by atoms with Crippen LogP contribution >= 0.6 is 11.3 Å². The molecule has 7 nitrogen and oxygen atoms in total. The third-order valence-electron chi connectivity index (χ3n) is 4.26. The lowest BCUT2D eigenvalue weighted by Crippen LogP contribution is -2.26. The Kier molecular flexibility index (Phi) is 5.49. The monoisotopic (exact) mass is 421 g/mol. The first-order valence-electron chi connectivity index (χ1n) is 9.34. The Morgan fingerprint density at radius 2 is 1.87 bits per heavy atom. The first-order chi connectivity index (χ1) is 14.5. The molecule has 0 radical (unpaired) electrons. The summed E-state index contributed by atoms with van der Waals surface area (Å²) in [6.07, 6.45) is 2.98. The quantitative estimate of drug-likeness (QED) is 0.495. The molecule has 0 aliphatic rings. The van der Waals surface area contributed by atoms with Crippen LogP contribution in [0.1, 0.15) is 22.2 Å². The predicted molar refractivity (Wildman–Crippen MR) is 116 cm³/mol. The molecule has 4 aromatic rings. The molecule has 2 heterocycles. The molecule has 0 spiro atoms. The molecular weight excluding hydrogens is 402 g/mol. The zero-order valence-corrected chi connectivity index (χ0v) is 17.2. The number of para-hydroxylation sites is 2. The fraction of sp³-hybridized carbons (Fsp3) is 0.136. The Hall–Kier alpha value is -3.65. The second kappa shape index (κ2) is 8.38. The van der Waals surface area contributed by atoms with Crippen LogP contribution in [-0.2, 0) is 0 Å². The van der Waals surface area contributed by atoms with Gasteiger partial charge in [0, 0.05) is 17.3 Å². The number of aromatic nitrogens is 2. The molecule has 152 valence electrons. The topological polar surface area (TPSA) is 81.9 Å². The van der Waals surface area contributed by atoms with E-state index < -0.39 is 11.5 Å². The number of anilines is 1. The van der Waals surface area contributed by atoms with Gasteiger partial charge in [-0.2, -0.15) is 0 Å². The van der Waals surface area contributed by atoms with Crippen molar-refractivity contribution in [3.05, 3.63) is 81.7 Å². The summed E-state index contributed by atoms with van der Waals surface area (Å²) in [4.78, 5) is 31.1. The molecule has 1 amide bonds. The van der Waals surface area contributed by atoms with Gasteiger partial charge in [0.15, 0.2) is 10.7 Å². The number of ether oxygens (including phenoxy) is 2. The van der Waals surface area contributed by atoms with Gasteiger partial charge in [0.25, 0.3) is 11.5 Å². The molecule has 8 heteroatoms. The average Bonchev–Trinajstić information content (AvgIpc) is 3.12. The van der Waals surface area contributed by atoms with Gasteiger partial charge in [-0.25, -0.2) is 4.98 Å². The van der Waals surface area contributed by atoms with Gasteiger partial charge in [-0.3, -0.25) is 14.0 Å². The van der Waals surface area contributed by atoms with E-state index in [-0.39, 0.29) is 5.56 Å². The maximum Gasteiger partial charge on any atom is 0.271 e. The van der Waals surface area contributed by atoms with Crippen LogP contribution in [0.5, 0.6) is 17.2 Å². The smallest absolute Gasteiger partial charge is 0.271 e. The van der Waals surface area contributed by atoms with Crippen LogP contribution in [0.3, 0.4) is 0 Å². The van der Waals surface area contributed by atoms with E-state index in [1.165, 1.54) is 21.9 Å². The SMILES string of the molecule is CCOc1ccc(Oc2ccccc2NC(=O)c2cnc3sc(C)cn3c2=O)cc1. The van der Waals surface area contributed by atoms with E-state index >= 15 is 0 Å². The van der Waals surface area contributed by atoms with Crippen molar-refractivity contribution in [2.45, 2.75) is 13.8 Å². The van der Waals surface area contributed by atoms with Crippen molar-refractivity contribution in [1.82, 2.24) is 9.38 Å². The molecule has 0 atom stereocenters. The third kappa shape index (κ3) is 4.04. The Morgan fingerprint density at radius 3 is 2.63 bits per heavy atom. The van der Waals surface area contributed by atoms with E-state index in [0.29, 0.717) is 28.8 Å². The highest BCUT2D eigenvalue weighted by Crippen LogP contribution is 2.30. The van der Waals surface area contributed by atoms with E-state index in [2.05, 4.69) is 10.3 Å². The molecule has 1 N–H and O–H groups in total. The van der Waals surface area contributed by atoms with Crippen LogP contribution < -0.4 is 20.3 Å². The van der Waals surface area contributed by atoms with Gasteiger partial charge in [-0.15, -0.1) is 11.3 Å². The number of amides is 1. The van der Waals surface area contributed by atoms with Gasteiger partial charge in [-0.05, 0) is 50.2 Å². The highest BCUT2D eigenvalue weighted by Gasteiger charge is 2.16. The molecule has 0 unspecified atom stereocenters. The van der Waals surface area contributed by atoms with Crippen molar-refractivity contribution in [2.75, 3.05) is 11.9 Å². The molecule has 0 aliphatic carbocycles. The van der Waals surface area contributed by atoms with E-state index in [1.54, 1.807) is 42.6 Å². The molecule has 0 fully saturated rings. The third-order valence-corrected chi connectivity index (χ3v) is 5.18. The number of hydrogen-bond acceptors (Lipinski definition) is 6. The highest BCUT2D eigenvalue weighted by molar-refractivity contribution is 7.16. The van der Waals surface area contributed by atoms with E-state index in [1.807, 2.05) is 26.0 Å². The number of carbonyl (C=O) groups is 1. The minimum absolute atomic E-state index is 0.0406. The Balaban J connectivity index is 1.57. The normalized spacial score (nSPS) is 10.7. The van der Waals surface area contributed by atoms with Crippen molar-refractivity contribution in [3.8, 4) is 17.2 Å². The molecule has 4 rings (SSSR count). The van der Waals surface area contributed by atoms with Gasteiger partial charge in [-0.1, -0.05) is 12.1 Å². The summed E-state index contributed by atoms with van der Waals surface area (Å²) < 4.78 is 12.7. The summed E-state index contributed by atoms with van der Waals surface area (Å²) in [6.45, 7) is 4.38. The van der Waals surface area contributed by atoms with E-state index in [9.17, 15) is 9.59 Å². The molecule has 0 saturated heterocycles. The molecule has 2 aromatic carbocycles. The number of benzene rings is 2. The lowest BCUT2D eigenvalue weighted by Gasteiger charge is -2.12. The van der Waals surface area contributed by atoms with Gasteiger partial charge in [0.05, 0.1) is 12.3 Å². The van der Waals surface area contributed by atoms with Crippen molar-refractivity contribution in [3.63, 3.8) is 0 Å². The molecule has 30 heavy (non-hydrogen) atoms. The summed E-state index contributed by atoms with van der Waals surface area (Å²) in [5.41, 5.74) is -0.00434. The van der Waals surface area contributed by atoms with Gasteiger partial charge >= 0.3 is 0 Å². The maximum absolute atomic E-state index is 12.8. The summed E-state index contributed by atoms with van der Waals surface area (Å²) in [6, 6.07) is 14.2. The fourth-order valence-corrected chi connectivity index (χ4v) is 3.68. The van der Waals surface area contributed by atoms with Crippen molar-refractivity contribution in [2.24, 2.45) is 0 Å². The summed E-state index contributed by atoms with van der Waals surface area (Å²) in [7, 11) is 0. The number of thiazole rings is 1. The van der Waals surface area contributed by atoms with Crippen LogP contribution in [0.15, 0.2) is 65.7 Å². The first kappa shape index (κ1) is 19.7. The largest absolute Gasteiger partial charge is 0.494 e. The van der Waals surface area contributed by atoms with Gasteiger partial charge < -0.3 is 14.8 Å². The minimum Gasteiger partial charge on any atom is -0.494 e. The molecular formula is C22H19N3O4S. The van der Waals surface area contributed by atoms with Crippen molar-refractivity contribution >= 4 is 27.9 Å². The number of fused-ring (bicyclic) bond motifs is 1. The van der Waals surface area contributed by atoms with Crippen LogP contribution in [0.4, 0.5) is 5.69 Å². The van der Waals surface area contributed by atoms with Crippen molar-refractivity contribution in [1.29, 1.82) is 0 Å².